The number of hydrogen-bond acceptors (Lipinski definition) is 3. The summed E-state index contributed by atoms with van der Waals surface area (Å²) in [6, 6.07) is 7.44. The van der Waals surface area contributed by atoms with Gasteiger partial charge in [0.2, 0.25) is 0 Å². The average Bonchev–Trinajstić information content (AvgIpc) is 3.07. The van der Waals surface area contributed by atoms with E-state index in [1.54, 1.807) is 10.6 Å². The van der Waals surface area contributed by atoms with Gasteiger partial charge in [-0.3, -0.25) is 0 Å². The quantitative estimate of drug-likeness (QED) is 0.291. The number of halogens is 3. The molecule has 1 aromatic carbocycles. The predicted molar refractivity (Wildman–Crippen MR) is 108 cm³/mol. The van der Waals surface area contributed by atoms with Gasteiger partial charge in [0.25, 0.3) is 0 Å². The molecule has 3 aromatic heterocycles. The van der Waals surface area contributed by atoms with E-state index in [9.17, 15) is 4.39 Å². The molecule has 24 heavy (non-hydrogen) atoms. The highest BCUT2D eigenvalue weighted by molar-refractivity contribution is 14.2. The van der Waals surface area contributed by atoms with Gasteiger partial charge in [-0.05, 0) is 47.2 Å². The number of pyridine rings is 1. The summed E-state index contributed by atoms with van der Waals surface area (Å²) in [5.41, 5.74) is 2.76. The van der Waals surface area contributed by atoms with Gasteiger partial charge in [0.15, 0.2) is 17.3 Å². The molecule has 0 saturated carbocycles. The van der Waals surface area contributed by atoms with E-state index in [1.807, 2.05) is 35.8 Å². The molecule has 0 fully saturated rings. The first-order valence-corrected chi connectivity index (χ1v) is 11.9. The lowest BCUT2D eigenvalue weighted by Crippen LogP contribution is -1.97. The molecule has 4 aromatic rings. The smallest absolute Gasteiger partial charge is 0.173 e. The number of aryl methyl sites for hydroxylation is 1. The van der Waals surface area contributed by atoms with Gasteiger partial charge >= 0.3 is 0 Å². The van der Waals surface area contributed by atoms with Crippen LogP contribution in [0, 0.1) is 12.7 Å². The van der Waals surface area contributed by atoms with Crippen LogP contribution in [0.1, 0.15) is 5.69 Å². The van der Waals surface area contributed by atoms with Gasteiger partial charge < -0.3 is 9.72 Å². The molecule has 0 bridgehead atoms. The molecule has 1 N–H and O–H groups in total. The Labute approximate surface area is 160 Å². The summed E-state index contributed by atoms with van der Waals surface area (Å²) in [7, 11) is 0. The monoisotopic (exact) mass is 517 g/mol. The van der Waals surface area contributed by atoms with E-state index in [4.69, 9.17) is 0 Å². The zero-order chi connectivity index (χ0) is 16.8. The number of anilines is 2. The van der Waals surface area contributed by atoms with Crippen molar-refractivity contribution in [2.24, 2.45) is 0 Å². The molecule has 0 saturated heterocycles. The number of aromatic nitrogens is 4. The minimum Gasteiger partial charge on any atom is -0.337 e. The maximum atomic E-state index is 14.2. The summed E-state index contributed by atoms with van der Waals surface area (Å²) in [6.07, 6.45) is 4.08. The number of nitrogens with one attached hydrogen (secondary N) is 1. The molecule has 0 aliphatic heterocycles. The second-order valence-corrected chi connectivity index (χ2v) is 8.28. The Bertz CT molecular complexity index is 1080. The van der Waals surface area contributed by atoms with Crippen molar-refractivity contribution in [3.8, 4) is 0 Å². The molecule has 0 radical (unpaired) electrons. The van der Waals surface area contributed by atoms with Gasteiger partial charge in [0, 0.05) is 28.3 Å². The lowest BCUT2D eigenvalue weighted by Gasteiger charge is -2.05. The van der Waals surface area contributed by atoms with Crippen molar-refractivity contribution >= 4 is 72.4 Å². The second-order valence-electron chi connectivity index (χ2n) is 5.32. The van der Waals surface area contributed by atoms with Crippen molar-refractivity contribution in [2.75, 3.05) is 5.32 Å². The maximum absolute atomic E-state index is 14.2. The lowest BCUT2D eigenvalue weighted by atomic mass is 10.2. The molecular weight excluding hydrogens is 507 g/mol. The molecule has 5 nitrogen and oxygen atoms in total. The summed E-state index contributed by atoms with van der Waals surface area (Å²) < 4.78 is 18.9. The van der Waals surface area contributed by atoms with Crippen molar-refractivity contribution in [1.29, 1.82) is 0 Å². The summed E-state index contributed by atoms with van der Waals surface area (Å²) in [5.74, 6) is 0.340. The number of imidazole rings is 1. The van der Waals surface area contributed by atoms with E-state index in [-0.39, 0.29) is 5.82 Å². The first kappa shape index (κ1) is 16.2. The Hall–Kier alpha value is -1.25. The third kappa shape index (κ3) is 2.80. The molecule has 1 unspecified atom stereocenters. The van der Waals surface area contributed by atoms with Crippen LogP contribution in [-0.2, 0) is 0 Å². The van der Waals surface area contributed by atoms with E-state index in [0.717, 1.165) is 21.1 Å². The Morgan fingerprint density at radius 2 is 2.12 bits per heavy atom. The minimum absolute atomic E-state index is 0.325. The highest BCUT2D eigenvalue weighted by Gasteiger charge is 2.13. The third-order valence-electron chi connectivity index (χ3n) is 3.61. The second kappa shape index (κ2) is 6.24. The first-order valence-electron chi connectivity index (χ1n) is 7.02. The molecular formula is C15H11BrFIN5P. The number of nitrogens with zero attached hydrogens (tertiary/aromatic N) is 4. The molecule has 0 amide bonds. The standard InChI is InChI=1S/C15H11BrFIN5P/c1-8-6-22-7-10(5-12(17)15(22)19-8)20-14-11-3-2-9(16)4-13(11)23(21-14)24-18/h2-7,24H,1H3,(H,20,21). The van der Waals surface area contributed by atoms with Crippen molar-refractivity contribution in [1.82, 2.24) is 18.9 Å². The molecule has 0 aliphatic rings. The van der Waals surface area contributed by atoms with E-state index in [0.29, 0.717) is 23.5 Å². The SMILES string of the molecule is Cc1cn2cc(Nc3nn(PI)c4cc(Br)ccc34)cc(F)c2n1. The van der Waals surface area contributed by atoms with Crippen molar-refractivity contribution < 1.29 is 4.39 Å². The number of fused-ring (bicyclic) bond motifs is 2. The molecule has 122 valence electrons. The van der Waals surface area contributed by atoms with Gasteiger partial charge in [-0.1, -0.05) is 15.9 Å². The Balaban J connectivity index is 1.82. The van der Waals surface area contributed by atoms with Crippen molar-refractivity contribution in [2.45, 2.75) is 6.92 Å². The lowest BCUT2D eigenvalue weighted by molar-refractivity contribution is 0.630. The van der Waals surface area contributed by atoms with Crippen LogP contribution in [-0.4, -0.2) is 18.9 Å². The van der Waals surface area contributed by atoms with Crippen molar-refractivity contribution in [3.63, 3.8) is 0 Å². The zero-order valence-electron chi connectivity index (χ0n) is 12.4. The topological polar surface area (TPSA) is 47.1 Å². The molecule has 9 heteroatoms. The molecule has 1 atom stereocenters. The highest BCUT2D eigenvalue weighted by Crippen LogP contribution is 2.35. The van der Waals surface area contributed by atoms with E-state index in [1.165, 1.54) is 6.07 Å². The maximum Gasteiger partial charge on any atom is 0.173 e. The summed E-state index contributed by atoms with van der Waals surface area (Å²) in [4.78, 5) is 4.17. The Morgan fingerprint density at radius 3 is 2.92 bits per heavy atom. The Kier molecular flexibility index (Phi) is 4.22. The molecule has 4 rings (SSSR count). The van der Waals surface area contributed by atoms with Gasteiger partial charge in [0.1, 0.15) is 0 Å². The van der Waals surface area contributed by atoms with Crippen LogP contribution in [0.5, 0.6) is 0 Å². The van der Waals surface area contributed by atoms with Crippen LogP contribution < -0.4 is 5.32 Å². The summed E-state index contributed by atoms with van der Waals surface area (Å²) in [5, 5.41) is 8.82. The van der Waals surface area contributed by atoms with Gasteiger partial charge in [-0.25, -0.2) is 13.8 Å². The zero-order valence-corrected chi connectivity index (χ0v) is 17.1. The minimum atomic E-state index is -0.365. The fourth-order valence-electron chi connectivity index (χ4n) is 2.63. The van der Waals surface area contributed by atoms with Crippen molar-refractivity contribution in [3.05, 3.63) is 52.6 Å². The van der Waals surface area contributed by atoms with E-state index in [2.05, 4.69) is 53.4 Å². The number of hydrogen-bond donors (Lipinski definition) is 1. The van der Waals surface area contributed by atoms with E-state index >= 15 is 0 Å². The highest BCUT2D eigenvalue weighted by atomic mass is 127. The average molecular weight is 518 g/mol. The number of benzene rings is 1. The molecule has 0 spiro atoms. The predicted octanol–water partition coefficient (Wildman–Crippen LogP) is 5.43. The third-order valence-corrected chi connectivity index (χ3v) is 5.98. The van der Waals surface area contributed by atoms with Crippen LogP contribution in [0.25, 0.3) is 16.6 Å². The fourth-order valence-corrected chi connectivity index (χ4v) is 4.50. The van der Waals surface area contributed by atoms with Crippen LogP contribution >= 0.6 is 44.3 Å². The largest absolute Gasteiger partial charge is 0.337 e. The van der Waals surface area contributed by atoms with Gasteiger partial charge in [-0.15, -0.1) is 5.10 Å². The Morgan fingerprint density at radius 1 is 1.29 bits per heavy atom. The van der Waals surface area contributed by atoms with Crippen LogP contribution in [0.2, 0.25) is 0 Å². The van der Waals surface area contributed by atoms with E-state index < -0.39 is 0 Å². The van der Waals surface area contributed by atoms with Gasteiger partial charge in [0.05, 0.1) is 23.3 Å². The van der Waals surface area contributed by atoms with Crippen LogP contribution in [0.3, 0.4) is 0 Å². The molecule has 0 aliphatic carbocycles. The van der Waals surface area contributed by atoms with Gasteiger partial charge in [-0.2, -0.15) is 0 Å². The summed E-state index contributed by atoms with van der Waals surface area (Å²) >= 11 is 5.78. The summed E-state index contributed by atoms with van der Waals surface area (Å²) in [6.45, 7) is 1.84. The van der Waals surface area contributed by atoms with Crippen LogP contribution in [0.4, 0.5) is 15.9 Å². The first-order chi connectivity index (χ1) is 11.5. The number of rotatable bonds is 3. The molecule has 3 heterocycles. The normalized spacial score (nSPS) is 12.0. The fraction of sp³-hybridized carbons (Fsp3) is 0.0667. The van der Waals surface area contributed by atoms with Crippen LogP contribution in [0.15, 0.2) is 41.1 Å².